The highest BCUT2D eigenvalue weighted by Gasteiger charge is 2.71. The molecule has 0 spiro atoms. The summed E-state index contributed by atoms with van der Waals surface area (Å²) in [7, 11) is 1.63. The number of benzene rings is 2. The van der Waals surface area contributed by atoms with Crippen LogP contribution in [0.4, 0.5) is 5.69 Å². The van der Waals surface area contributed by atoms with Crippen molar-refractivity contribution in [3.05, 3.63) is 59.7 Å². The fourth-order valence-electron chi connectivity index (χ4n) is 5.52. The molecule has 3 atom stereocenters. The van der Waals surface area contributed by atoms with Crippen LogP contribution in [0.25, 0.3) is 0 Å². The molecule has 1 heterocycles. The molecule has 0 bridgehead atoms. The van der Waals surface area contributed by atoms with Gasteiger partial charge < -0.3 is 19.5 Å². The largest absolute Gasteiger partial charge is 0.497 e. The molecule has 31 heavy (non-hydrogen) atoms. The lowest BCUT2D eigenvalue weighted by atomic mass is 9.69. The van der Waals surface area contributed by atoms with E-state index in [0.717, 1.165) is 22.6 Å². The van der Waals surface area contributed by atoms with E-state index in [9.17, 15) is 9.59 Å². The monoisotopic (exact) mass is 423 g/mol. The maximum atomic E-state index is 13.4. The predicted molar refractivity (Wildman–Crippen MR) is 117 cm³/mol. The Morgan fingerprint density at radius 3 is 2.19 bits per heavy atom. The van der Waals surface area contributed by atoms with E-state index in [2.05, 4.69) is 18.3 Å². The molecular formula is C25H29NO5. The molecule has 6 heteroatoms. The summed E-state index contributed by atoms with van der Waals surface area (Å²) in [6, 6.07) is 15.4. The van der Waals surface area contributed by atoms with Crippen LogP contribution >= 0.6 is 0 Å². The molecule has 1 aliphatic heterocycles. The van der Waals surface area contributed by atoms with Crippen LogP contribution < -0.4 is 10.1 Å². The number of carbonyl (C=O) groups excluding carboxylic acids is 2. The number of esters is 2. The third kappa shape index (κ3) is 2.99. The first kappa shape index (κ1) is 21.2. The van der Waals surface area contributed by atoms with Crippen LogP contribution in [0.2, 0.25) is 0 Å². The molecule has 0 unspecified atom stereocenters. The van der Waals surface area contributed by atoms with Gasteiger partial charge in [0.1, 0.15) is 5.75 Å². The first-order valence-electron chi connectivity index (χ1n) is 10.8. The molecule has 1 fully saturated rings. The minimum atomic E-state index is -1.44. The summed E-state index contributed by atoms with van der Waals surface area (Å²) in [5, 5.41) is 3.50. The van der Waals surface area contributed by atoms with Gasteiger partial charge in [0.15, 0.2) is 5.41 Å². The summed E-state index contributed by atoms with van der Waals surface area (Å²) >= 11 is 0. The number of hydrogen-bond donors (Lipinski definition) is 1. The van der Waals surface area contributed by atoms with Crippen LogP contribution in [-0.4, -0.2) is 38.3 Å². The van der Waals surface area contributed by atoms with Crippen molar-refractivity contribution in [1.29, 1.82) is 0 Å². The number of hydrogen-bond acceptors (Lipinski definition) is 6. The standard InChI is InChI=1S/C25H29NO5/c1-5-30-22(27)25(23(28)31-6-2)15-19(16-11-13-17(29-4)14-12-16)24(3)18-9-7-8-10-20(18)26-21(24)25/h7-14,19,21,26H,5-6,15H2,1-4H3/t19-,21+,24+/m0/s1. The summed E-state index contributed by atoms with van der Waals surface area (Å²) in [5.74, 6) is -0.397. The first-order chi connectivity index (χ1) is 14.9. The van der Waals surface area contributed by atoms with E-state index in [1.165, 1.54) is 0 Å². The minimum Gasteiger partial charge on any atom is -0.497 e. The summed E-state index contributed by atoms with van der Waals surface area (Å²) in [4.78, 5) is 26.8. The zero-order valence-electron chi connectivity index (χ0n) is 18.4. The second-order valence-corrected chi connectivity index (χ2v) is 8.35. The Morgan fingerprint density at radius 1 is 1.00 bits per heavy atom. The number of fused-ring (bicyclic) bond motifs is 3. The number of ether oxygens (including phenoxy) is 3. The van der Waals surface area contributed by atoms with Crippen molar-refractivity contribution in [3.8, 4) is 5.75 Å². The number of para-hydroxylation sites is 1. The lowest BCUT2D eigenvalue weighted by molar-refractivity contribution is -0.172. The molecule has 0 radical (unpaired) electrons. The molecule has 0 amide bonds. The van der Waals surface area contributed by atoms with E-state index in [1.807, 2.05) is 42.5 Å². The predicted octanol–water partition coefficient (Wildman–Crippen LogP) is 4.05. The van der Waals surface area contributed by atoms with E-state index in [1.54, 1.807) is 21.0 Å². The van der Waals surface area contributed by atoms with Crippen LogP contribution in [0.15, 0.2) is 48.5 Å². The van der Waals surface area contributed by atoms with E-state index in [0.29, 0.717) is 6.42 Å². The van der Waals surface area contributed by atoms with Gasteiger partial charge in [-0.25, -0.2) is 0 Å². The lowest BCUT2D eigenvalue weighted by Gasteiger charge is -2.35. The Morgan fingerprint density at radius 2 is 1.61 bits per heavy atom. The molecule has 2 aliphatic rings. The fraction of sp³-hybridized carbons (Fsp3) is 0.440. The molecule has 164 valence electrons. The Hall–Kier alpha value is -3.02. The topological polar surface area (TPSA) is 73.9 Å². The maximum Gasteiger partial charge on any atom is 0.325 e. The van der Waals surface area contributed by atoms with Gasteiger partial charge >= 0.3 is 11.9 Å². The summed E-state index contributed by atoms with van der Waals surface area (Å²) < 4.78 is 16.3. The fourth-order valence-corrected chi connectivity index (χ4v) is 5.52. The van der Waals surface area contributed by atoms with Crippen molar-refractivity contribution in [1.82, 2.24) is 0 Å². The highest BCUT2D eigenvalue weighted by atomic mass is 16.6. The van der Waals surface area contributed by atoms with Gasteiger partial charge in [0, 0.05) is 11.1 Å². The van der Waals surface area contributed by atoms with Gasteiger partial charge in [-0.3, -0.25) is 9.59 Å². The average molecular weight is 424 g/mol. The Bertz CT molecular complexity index is 968. The second kappa shape index (κ2) is 7.91. The second-order valence-electron chi connectivity index (χ2n) is 8.35. The minimum absolute atomic E-state index is 0.103. The zero-order valence-corrected chi connectivity index (χ0v) is 18.4. The molecule has 0 aromatic heterocycles. The third-order valence-corrected chi connectivity index (χ3v) is 6.95. The number of nitrogens with one attached hydrogen (secondary N) is 1. The van der Waals surface area contributed by atoms with Gasteiger partial charge in [-0.2, -0.15) is 0 Å². The Kier molecular flexibility index (Phi) is 5.42. The smallest absolute Gasteiger partial charge is 0.325 e. The molecule has 1 N–H and O–H groups in total. The number of rotatable bonds is 6. The molecule has 1 saturated carbocycles. The average Bonchev–Trinajstić information content (AvgIpc) is 3.23. The third-order valence-electron chi connectivity index (χ3n) is 6.95. The molecule has 4 rings (SSSR count). The van der Waals surface area contributed by atoms with Gasteiger partial charge in [-0.05, 0) is 55.5 Å². The molecule has 6 nitrogen and oxygen atoms in total. The summed E-state index contributed by atoms with van der Waals surface area (Å²) in [6.07, 6.45) is 0.305. The van der Waals surface area contributed by atoms with E-state index in [-0.39, 0.29) is 19.1 Å². The zero-order chi connectivity index (χ0) is 22.2. The molecule has 2 aromatic carbocycles. The van der Waals surface area contributed by atoms with Crippen LogP contribution in [0, 0.1) is 5.41 Å². The first-order valence-corrected chi connectivity index (χ1v) is 10.8. The van der Waals surface area contributed by atoms with Crippen molar-refractivity contribution in [2.24, 2.45) is 5.41 Å². The number of methoxy groups -OCH3 is 1. The van der Waals surface area contributed by atoms with Crippen LogP contribution in [0.3, 0.4) is 0 Å². The van der Waals surface area contributed by atoms with E-state index < -0.39 is 28.8 Å². The molecular weight excluding hydrogens is 394 g/mol. The Labute approximate surface area is 182 Å². The SMILES string of the molecule is CCOC(=O)C1(C(=O)OCC)C[C@@H](c2ccc(OC)cc2)[C@@]2(C)c3ccccc3N[C@@H]12. The lowest BCUT2D eigenvalue weighted by Crippen LogP contribution is -2.53. The molecule has 1 aliphatic carbocycles. The quantitative estimate of drug-likeness (QED) is 0.558. The van der Waals surface area contributed by atoms with Crippen molar-refractivity contribution in [3.63, 3.8) is 0 Å². The molecule has 2 aromatic rings. The van der Waals surface area contributed by atoms with Gasteiger partial charge in [-0.1, -0.05) is 37.3 Å². The van der Waals surface area contributed by atoms with Crippen LogP contribution in [0.5, 0.6) is 5.75 Å². The van der Waals surface area contributed by atoms with Crippen LogP contribution in [0.1, 0.15) is 44.2 Å². The Balaban J connectivity index is 1.91. The van der Waals surface area contributed by atoms with E-state index in [4.69, 9.17) is 14.2 Å². The highest BCUT2D eigenvalue weighted by Crippen LogP contribution is 2.64. The van der Waals surface area contributed by atoms with Gasteiger partial charge in [-0.15, -0.1) is 0 Å². The van der Waals surface area contributed by atoms with Crippen molar-refractivity contribution < 1.29 is 23.8 Å². The van der Waals surface area contributed by atoms with Gasteiger partial charge in [0.2, 0.25) is 0 Å². The molecule has 0 saturated heterocycles. The van der Waals surface area contributed by atoms with E-state index >= 15 is 0 Å². The number of carbonyl (C=O) groups is 2. The number of anilines is 1. The van der Waals surface area contributed by atoms with Crippen molar-refractivity contribution in [2.45, 2.75) is 44.6 Å². The van der Waals surface area contributed by atoms with Crippen molar-refractivity contribution >= 4 is 17.6 Å². The van der Waals surface area contributed by atoms with Crippen LogP contribution in [-0.2, 0) is 24.5 Å². The normalized spacial score (nSPS) is 25.2. The maximum absolute atomic E-state index is 13.4. The van der Waals surface area contributed by atoms with Gasteiger partial charge in [0.25, 0.3) is 0 Å². The highest BCUT2D eigenvalue weighted by molar-refractivity contribution is 6.03. The summed E-state index contributed by atoms with van der Waals surface area (Å²) in [6.45, 7) is 6.03. The van der Waals surface area contributed by atoms with Crippen molar-refractivity contribution in [2.75, 3.05) is 25.6 Å². The summed E-state index contributed by atoms with van der Waals surface area (Å²) in [5.41, 5.74) is 1.12. The van der Waals surface area contributed by atoms with Gasteiger partial charge in [0.05, 0.1) is 26.4 Å².